The van der Waals surface area contributed by atoms with Crippen molar-refractivity contribution in [3.8, 4) is 0 Å². The number of hydrogen-bond donors (Lipinski definition) is 0. The SMILES string of the molecule is CC(C)=CC1C(C(=O)OCl)C1(C)C. The molecule has 0 spiro atoms. The first kappa shape index (κ1) is 10.6. The summed E-state index contributed by atoms with van der Waals surface area (Å²) in [6.07, 6.45) is 2.11. The van der Waals surface area contributed by atoms with E-state index in [2.05, 4.69) is 24.2 Å². The molecule has 0 radical (unpaired) electrons. The fraction of sp³-hybridized carbons (Fsp3) is 0.700. The van der Waals surface area contributed by atoms with Gasteiger partial charge in [-0.2, -0.15) is 0 Å². The zero-order chi connectivity index (χ0) is 10.2. The van der Waals surface area contributed by atoms with Gasteiger partial charge in [0.15, 0.2) is 0 Å². The van der Waals surface area contributed by atoms with E-state index in [1.165, 1.54) is 5.57 Å². The first-order valence-corrected chi connectivity index (χ1v) is 4.69. The summed E-state index contributed by atoms with van der Waals surface area (Å²) in [5.41, 5.74) is 1.23. The number of carbonyl (C=O) groups excluding carboxylic acids is 1. The van der Waals surface area contributed by atoms with Gasteiger partial charge < -0.3 is 4.29 Å². The van der Waals surface area contributed by atoms with Gasteiger partial charge in [-0.25, -0.2) is 0 Å². The fourth-order valence-corrected chi connectivity index (χ4v) is 1.94. The first-order valence-electron chi connectivity index (χ1n) is 4.38. The first-order chi connectivity index (χ1) is 5.91. The topological polar surface area (TPSA) is 26.3 Å². The fourth-order valence-electron chi connectivity index (χ4n) is 1.85. The summed E-state index contributed by atoms with van der Waals surface area (Å²) in [6, 6.07) is 0. The lowest BCUT2D eigenvalue weighted by Crippen LogP contribution is -2.04. The Kier molecular flexibility index (Phi) is 2.71. The van der Waals surface area contributed by atoms with Gasteiger partial charge in [0.2, 0.25) is 0 Å². The van der Waals surface area contributed by atoms with Crippen LogP contribution in [0, 0.1) is 17.3 Å². The van der Waals surface area contributed by atoms with E-state index in [0.29, 0.717) is 0 Å². The van der Waals surface area contributed by atoms with Crippen LogP contribution in [0.25, 0.3) is 0 Å². The van der Waals surface area contributed by atoms with Crippen LogP contribution in [0.15, 0.2) is 11.6 Å². The van der Waals surface area contributed by atoms with Crippen molar-refractivity contribution in [2.75, 3.05) is 0 Å². The van der Waals surface area contributed by atoms with Crippen LogP contribution in [0.1, 0.15) is 27.7 Å². The molecule has 1 aliphatic rings. The number of carbonyl (C=O) groups is 1. The third-order valence-electron chi connectivity index (χ3n) is 2.75. The van der Waals surface area contributed by atoms with Crippen molar-refractivity contribution in [3.05, 3.63) is 11.6 Å². The zero-order valence-electron chi connectivity index (χ0n) is 8.43. The van der Waals surface area contributed by atoms with Crippen molar-refractivity contribution in [1.82, 2.24) is 0 Å². The van der Waals surface area contributed by atoms with Gasteiger partial charge in [-0.1, -0.05) is 25.5 Å². The van der Waals surface area contributed by atoms with Gasteiger partial charge in [0.1, 0.15) is 11.9 Å². The molecular weight excluding hydrogens is 188 g/mol. The average molecular weight is 203 g/mol. The smallest absolute Gasteiger partial charge is 0.328 e. The Labute approximate surface area is 84.1 Å². The molecule has 3 heteroatoms. The second kappa shape index (κ2) is 3.33. The van der Waals surface area contributed by atoms with Gasteiger partial charge in [-0.3, -0.25) is 4.79 Å². The lowest BCUT2D eigenvalue weighted by molar-refractivity contribution is -0.136. The van der Waals surface area contributed by atoms with Crippen LogP contribution >= 0.6 is 11.9 Å². The van der Waals surface area contributed by atoms with Gasteiger partial charge >= 0.3 is 5.97 Å². The summed E-state index contributed by atoms with van der Waals surface area (Å²) in [4.78, 5) is 11.2. The van der Waals surface area contributed by atoms with Crippen LogP contribution in [0.2, 0.25) is 0 Å². The Morgan fingerprint density at radius 3 is 2.38 bits per heavy atom. The molecule has 2 unspecified atom stereocenters. The van der Waals surface area contributed by atoms with Gasteiger partial charge in [0, 0.05) is 0 Å². The van der Waals surface area contributed by atoms with E-state index >= 15 is 0 Å². The molecule has 1 fully saturated rings. The van der Waals surface area contributed by atoms with Crippen molar-refractivity contribution < 1.29 is 9.08 Å². The van der Waals surface area contributed by atoms with Crippen LogP contribution in [0.4, 0.5) is 0 Å². The van der Waals surface area contributed by atoms with E-state index in [1.807, 2.05) is 13.8 Å². The molecule has 0 aliphatic heterocycles. The summed E-state index contributed by atoms with van der Waals surface area (Å²) in [5.74, 6) is -0.0992. The molecule has 0 aromatic rings. The lowest BCUT2D eigenvalue weighted by Gasteiger charge is -1.97. The van der Waals surface area contributed by atoms with Crippen molar-refractivity contribution >= 4 is 17.8 Å². The highest BCUT2D eigenvalue weighted by Gasteiger charge is 2.61. The molecule has 0 heterocycles. The maximum absolute atomic E-state index is 11.2. The number of halogens is 1. The molecule has 0 aromatic heterocycles. The summed E-state index contributed by atoms with van der Waals surface area (Å²) < 4.78 is 4.23. The Hall–Kier alpha value is -0.500. The van der Waals surface area contributed by atoms with Crippen LogP contribution < -0.4 is 0 Å². The predicted octanol–water partition coefficient (Wildman–Crippen LogP) is 2.92. The number of hydrogen-bond acceptors (Lipinski definition) is 2. The van der Waals surface area contributed by atoms with Crippen LogP contribution in [-0.2, 0) is 9.08 Å². The number of allylic oxidation sites excluding steroid dienone is 2. The molecule has 0 aromatic carbocycles. The minimum Gasteiger partial charge on any atom is -0.347 e. The van der Waals surface area contributed by atoms with Crippen molar-refractivity contribution in [2.24, 2.45) is 17.3 Å². The van der Waals surface area contributed by atoms with Gasteiger partial charge in [0.25, 0.3) is 0 Å². The van der Waals surface area contributed by atoms with Crippen LogP contribution in [-0.4, -0.2) is 5.97 Å². The van der Waals surface area contributed by atoms with Crippen LogP contribution in [0.3, 0.4) is 0 Å². The Morgan fingerprint density at radius 1 is 1.46 bits per heavy atom. The normalized spacial score (nSPS) is 29.3. The molecule has 0 bridgehead atoms. The van der Waals surface area contributed by atoms with Gasteiger partial charge in [-0.15, -0.1) is 0 Å². The monoisotopic (exact) mass is 202 g/mol. The molecule has 2 atom stereocenters. The molecule has 2 nitrogen and oxygen atoms in total. The summed E-state index contributed by atoms with van der Waals surface area (Å²) in [6.45, 7) is 8.15. The largest absolute Gasteiger partial charge is 0.347 e. The van der Waals surface area contributed by atoms with E-state index in [0.717, 1.165) is 0 Å². The Morgan fingerprint density at radius 2 is 2.00 bits per heavy atom. The van der Waals surface area contributed by atoms with Crippen LogP contribution in [0.5, 0.6) is 0 Å². The molecule has 0 N–H and O–H groups in total. The van der Waals surface area contributed by atoms with E-state index in [4.69, 9.17) is 11.9 Å². The van der Waals surface area contributed by atoms with E-state index in [-0.39, 0.29) is 23.2 Å². The summed E-state index contributed by atoms with van der Waals surface area (Å²) in [7, 11) is 0. The van der Waals surface area contributed by atoms with E-state index in [1.54, 1.807) is 0 Å². The van der Waals surface area contributed by atoms with E-state index < -0.39 is 0 Å². The average Bonchev–Trinajstić information content (AvgIpc) is 2.51. The second-order valence-electron chi connectivity index (χ2n) is 4.47. The maximum Gasteiger partial charge on any atom is 0.328 e. The predicted molar refractivity (Wildman–Crippen MR) is 52.1 cm³/mol. The molecule has 1 saturated carbocycles. The molecule has 74 valence electrons. The van der Waals surface area contributed by atoms with Crippen molar-refractivity contribution in [2.45, 2.75) is 27.7 Å². The third-order valence-corrected chi connectivity index (χ3v) is 2.91. The van der Waals surface area contributed by atoms with Gasteiger partial charge in [0.05, 0.1) is 5.92 Å². The summed E-state index contributed by atoms with van der Waals surface area (Å²) in [5, 5.41) is 0. The Balaban J connectivity index is 2.72. The van der Waals surface area contributed by atoms with Crippen molar-refractivity contribution in [3.63, 3.8) is 0 Å². The summed E-state index contributed by atoms with van der Waals surface area (Å²) >= 11 is 5.05. The molecular formula is C10H15ClO2. The quantitative estimate of drug-likeness (QED) is 0.644. The second-order valence-corrected chi connectivity index (χ2v) is 4.62. The minimum atomic E-state index is -0.311. The standard InChI is InChI=1S/C10H15ClO2/c1-6(2)5-7-8(9(12)13-11)10(7,3)4/h5,7-8H,1-4H3. The zero-order valence-corrected chi connectivity index (χ0v) is 9.18. The highest BCUT2D eigenvalue weighted by atomic mass is 35.5. The molecule has 1 aliphatic carbocycles. The molecule has 1 rings (SSSR count). The molecule has 13 heavy (non-hydrogen) atoms. The Bertz CT molecular complexity index is 252. The highest BCUT2D eigenvalue weighted by molar-refractivity contribution is 6.13. The molecule has 0 saturated heterocycles. The minimum absolute atomic E-state index is 0.00322. The maximum atomic E-state index is 11.2. The van der Waals surface area contributed by atoms with Crippen molar-refractivity contribution in [1.29, 1.82) is 0 Å². The molecule has 0 amide bonds. The number of rotatable bonds is 2. The lowest BCUT2D eigenvalue weighted by atomic mass is 10.1. The third kappa shape index (κ3) is 1.88. The highest BCUT2D eigenvalue weighted by Crippen LogP contribution is 2.59. The van der Waals surface area contributed by atoms with E-state index in [9.17, 15) is 4.79 Å². The van der Waals surface area contributed by atoms with Gasteiger partial charge in [-0.05, 0) is 25.2 Å².